The summed E-state index contributed by atoms with van der Waals surface area (Å²) in [5, 5.41) is 5.54. The van der Waals surface area contributed by atoms with Gasteiger partial charge in [0.15, 0.2) is 5.65 Å². The fourth-order valence-electron chi connectivity index (χ4n) is 3.94. The molecule has 3 aromatic heterocycles. The van der Waals surface area contributed by atoms with E-state index in [0.29, 0.717) is 12.2 Å². The molecule has 0 N–H and O–H groups in total. The van der Waals surface area contributed by atoms with E-state index in [9.17, 15) is 4.79 Å². The van der Waals surface area contributed by atoms with Gasteiger partial charge >= 0.3 is 0 Å². The van der Waals surface area contributed by atoms with Crippen LogP contribution in [0.3, 0.4) is 0 Å². The molecule has 5 rings (SSSR count). The standard InChI is InChI=1S/C26H22N4O2/c1-19-25-22(23-13-8-16-32-23)14-15-27-26(25)30(28-19)18-24(31)29(21-11-6-3-7-12-21)17-20-9-4-2-5-10-20/h2-16H,17-18H2,1H3. The van der Waals surface area contributed by atoms with E-state index in [1.54, 1.807) is 22.0 Å². The highest BCUT2D eigenvalue weighted by Gasteiger charge is 2.21. The Morgan fingerprint density at radius 3 is 2.44 bits per heavy atom. The SMILES string of the molecule is Cc1nn(CC(=O)N(Cc2ccccc2)c2ccccc2)c2nccc(-c3ccco3)c12. The third-order valence-electron chi connectivity index (χ3n) is 5.43. The van der Waals surface area contributed by atoms with Crippen LogP contribution in [0.4, 0.5) is 5.69 Å². The minimum atomic E-state index is -0.0605. The Morgan fingerprint density at radius 2 is 1.72 bits per heavy atom. The van der Waals surface area contributed by atoms with Gasteiger partial charge in [0.25, 0.3) is 0 Å². The van der Waals surface area contributed by atoms with Gasteiger partial charge in [0.05, 0.1) is 23.9 Å². The molecule has 0 saturated carbocycles. The molecule has 0 aliphatic heterocycles. The number of aromatic nitrogens is 3. The van der Waals surface area contributed by atoms with Crippen molar-refractivity contribution in [3.05, 3.63) is 103 Å². The number of rotatable bonds is 6. The second-order valence-corrected chi connectivity index (χ2v) is 7.58. The van der Waals surface area contributed by atoms with Gasteiger partial charge in [-0.15, -0.1) is 0 Å². The molecule has 0 atom stereocenters. The normalized spacial score (nSPS) is 11.0. The molecular weight excluding hydrogens is 400 g/mol. The maximum atomic E-state index is 13.5. The van der Waals surface area contributed by atoms with Crippen LogP contribution in [0.15, 0.2) is 95.7 Å². The Balaban J connectivity index is 1.50. The number of hydrogen-bond donors (Lipinski definition) is 0. The van der Waals surface area contributed by atoms with Crippen molar-refractivity contribution < 1.29 is 9.21 Å². The number of carbonyl (C=O) groups is 1. The molecule has 0 saturated heterocycles. The number of furan rings is 1. The zero-order valence-electron chi connectivity index (χ0n) is 17.7. The third kappa shape index (κ3) is 3.78. The molecule has 32 heavy (non-hydrogen) atoms. The monoisotopic (exact) mass is 422 g/mol. The molecule has 0 bridgehead atoms. The van der Waals surface area contributed by atoms with Crippen LogP contribution in [0.1, 0.15) is 11.3 Å². The molecule has 6 heteroatoms. The van der Waals surface area contributed by atoms with E-state index in [-0.39, 0.29) is 12.5 Å². The number of nitrogens with zero attached hydrogens (tertiary/aromatic N) is 4. The van der Waals surface area contributed by atoms with Crippen molar-refractivity contribution in [2.75, 3.05) is 4.90 Å². The van der Waals surface area contributed by atoms with Gasteiger partial charge in [-0.1, -0.05) is 48.5 Å². The van der Waals surface area contributed by atoms with Gasteiger partial charge in [0, 0.05) is 17.4 Å². The van der Waals surface area contributed by atoms with E-state index in [1.165, 1.54) is 0 Å². The van der Waals surface area contributed by atoms with Gasteiger partial charge < -0.3 is 9.32 Å². The lowest BCUT2D eigenvalue weighted by Gasteiger charge is -2.23. The highest BCUT2D eigenvalue weighted by atomic mass is 16.3. The first-order valence-electron chi connectivity index (χ1n) is 10.5. The molecule has 5 aromatic rings. The summed E-state index contributed by atoms with van der Waals surface area (Å²) in [4.78, 5) is 19.8. The van der Waals surface area contributed by atoms with Crippen LogP contribution in [-0.2, 0) is 17.9 Å². The predicted molar refractivity (Wildman–Crippen MR) is 124 cm³/mol. The lowest BCUT2D eigenvalue weighted by atomic mass is 10.1. The van der Waals surface area contributed by atoms with E-state index in [1.807, 2.05) is 85.8 Å². The van der Waals surface area contributed by atoms with Crippen LogP contribution >= 0.6 is 0 Å². The van der Waals surface area contributed by atoms with E-state index in [4.69, 9.17) is 4.42 Å². The Labute approximate surface area is 185 Å². The number of amides is 1. The summed E-state index contributed by atoms with van der Waals surface area (Å²) in [6.45, 7) is 2.49. The highest BCUT2D eigenvalue weighted by molar-refractivity contribution is 5.96. The van der Waals surface area contributed by atoms with Crippen molar-refractivity contribution in [3.8, 4) is 11.3 Å². The second-order valence-electron chi connectivity index (χ2n) is 7.58. The van der Waals surface area contributed by atoms with E-state index >= 15 is 0 Å². The summed E-state index contributed by atoms with van der Waals surface area (Å²) in [6, 6.07) is 25.4. The topological polar surface area (TPSA) is 64.2 Å². The molecule has 6 nitrogen and oxygen atoms in total. The van der Waals surface area contributed by atoms with Crippen LogP contribution in [0.5, 0.6) is 0 Å². The molecule has 0 radical (unpaired) electrons. The fraction of sp³-hybridized carbons (Fsp3) is 0.115. The van der Waals surface area contributed by atoms with Gasteiger partial charge in [-0.25, -0.2) is 9.67 Å². The third-order valence-corrected chi connectivity index (χ3v) is 5.43. The number of fused-ring (bicyclic) bond motifs is 1. The van der Waals surface area contributed by atoms with Crippen LogP contribution < -0.4 is 4.90 Å². The van der Waals surface area contributed by atoms with Crippen molar-refractivity contribution in [1.82, 2.24) is 14.8 Å². The van der Waals surface area contributed by atoms with Crippen LogP contribution in [0.25, 0.3) is 22.4 Å². The highest BCUT2D eigenvalue weighted by Crippen LogP contribution is 2.30. The van der Waals surface area contributed by atoms with Crippen molar-refractivity contribution >= 4 is 22.6 Å². The largest absolute Gasteiger partial charge is 0.464 e. The lowest BCUT2D eigenvalue weighted by molar-refractivity contribution is -0.119. The lowest BCUT2D eigenvalue weighted by Crippen LogP contribution is -2.33. The summed E-state index contributed by atoms with van der Waals surface area (Å²) in [7, 11) is 0. The molecule has 0 spiro atoms. The quantitative estimate of drug-likeness (QED) is 0.376. The molecular formula is C26H22N4O2. The first-order valence-corrected chi connectivity index (χ1v) is 10.5. The number of pyridine rings is 1. The van der Waals surface area contributed by atoms with Crippen molar-refractivity contribution in [2.45, 2.75) is 20.0 Å². The average Bonchev–Trinajstić information content (AvgIpc) is 3.47. The van der Waals surface area contributed by atoms with Gasteiger partial charge in [-0.2, -0.15) is 5.10 Å². The van der Waals surface area contributed by atoms with Gasteiger partial charge in [0.2, 0.25) is 5.91 Å². The van der Waals surface area contributed by atoms with Crippen LogP contribution in [0, 0.1) is 6.92 Å². The van der Waals surface area contributed by atoms with Crippen molar-refractivity contribution in [1.29, 1.82) is 0 Å². The number of benzene rings is 2. The molecule has 158 valence electrons. The Morgan fingerprint density at radius 1 is 0.969 bits per heavy atom. The molecule has 1 amide bonds. The Bertz CT molecular complexity index is 1340. The van der Waals surface area contributed by atoms with Crippen LogP contribution in [0.2, 0.25) is 0 Å². The van der Waals surface area contributed by atoms with E-state index in [0.717, 1.165) is 33.7 Å². The minimum absolute atomic E-state index is 0.0605. The van der Waals surface area contributed by atoms with E-state index in [2.05, 4.69) is 10.1 Å². The number of anilines is 1. The number of para-hydroxylation sites is 1. The first kappa shape index (κ1) is 19.8. The van der Waals surface area contributed by atoms with Gasteiger partial charge in [-0.05, 0) is 42.8 Å². The first-order chi connectivity index (χ1) is 15.7. The maximum absolute atomic E-state index is 13.5. The average molecular weight is 422 g/mol. The summed E-state index contributed by atoms with van der Waals surface area (Å²) < 4.78 is 7.28. The smallest absolute Gasteiger partial charge is 0.249 e. The molecule has 0 fully saturated rings. The molecule has 3 heterocycles. The summed E-state index contributed by atoms with van der Waals surface area (Å²) in [5.74, 6) is 0.691. The van der Waals surface area contributed by atoms with E-state index < -0.39 is 0 Å². The van der Waals surface area contributed by atoms with Crippen molar-refractivity contribution in [2.24, 2.45) is 0 Å². The van der Waals surface area contributed by atoms with Crippen molar-refractivity contribution in [3.63, 3.8) is 0 Å². The summed E-state index contributed by atoms with van der Waals surface area (Å²) in [6.07, 6.45) is 3.37. The van der Waals surface area contributed by atoms with Crippen LogP contribution in [-0.4, -0.2) is 20.7 Å². The predicted octanol–water partition coefficient (Wildman–Crippen LogP) is 5.23. The molecule has 0 unspecified atom stereocenters. The summed E-state index contributed by atoms with van der Waals surface area (Å²) in [5.41, 5.74) is 4.29. The fourth-order valence-corrected chi connectivity index (χ4v) is 3.94. The number of aryl methyl sites for hydroxylation is 1. The Kier molecular flexibility index (Phi) is 5.25. The van der Waals surface area contributed by atoms with Gasteiger partial charge in [0.1, 0.15) is 12.3 Å². The zero-order chi connectivity index (χ0) is 21.9. The van der Waals surface area contributed by atoms with Gasteiger partial charge in [-0.3, -0.25) is 4.79 Å². The number of hydrogen-bond acceptors (Lipinski definition) is 4. The molecule has 2 aromatic carbocycles. The zero-order valence-corrected chi connectivity index (χ0v) is 17.7. The Hall–Kier alpha value is -4.19. The number of carbonyl (C=O) groups excluding carboxylic acids is 1. The second kappa shape index (κ2) is 8.51. The summed E-state index contributed by atoms with van der Waals surface area (Å²) >= 11 is 0. The maximum Gasteiger partial charge on any atom is 0.249 e. The minimum Gasteiger partial charge on any atom is -0.464 e. The molecule has 0 aliphatic carbocycles. The molecule has 0 aliphatic rings.